The second-order valence-electron chi connectivity index (χ2n) is 11.0. The number of aliphatic hydroxyl groups excluding tert-OH is 2. The van der Waals surface area contributed by atoms with Gasteiger partial charge in [-0.3, -0.25) is 0 Å². The molecule has 0 saturated heterocycles. The van der Waals surface area contributed by atoms with Crippen LogP contribution in [-0.2, 0) is 0 Å². The second kappa shape index (κ2) is 6.76. The fourth-order valence-electron chi connectivity index (χ4n) is 8.48. The van der Waals surface area contributed by atoms with Crippen molar-refractivity contribution in [2.24, 2.45) is 46.3 Å². The van der Waals surface area contributed by atoms with Crippen molar-refractivity contribution in [2.45, 2.75) is 97.7 Å². The Kier molecular flexibility index (Phi) is 5.01. The van der Waals surface area contributed by atoms with Gasteiger partial charge in [-0.05, 0) is 97.7 Å². The molecule has 4 rings (SSSR count). The largest absolute Gasteiger partial charge is 0.393 e. The average molecular weight is 362 g/mol. The van der Waals surface area contributed by atoms with Gasteiger partial charge in [-0.25, -0.2) is 0 Å². The number of aliphatic hydroxyl groups is 2. The van der Waals surface area contributed by atoms with Crippen molar-refractivity contribution < 1.29 is 10.2 Å². The van der Waals surface area contributed by atoms with Gasteiger partial charge in [0.25, 0.3) is 0 Å². The van der Waals surface area contributed by atoms with Crippen LogP contribution >= 0.6 is 0 Å². The highest BCUT2D eigenvalue weighted by Gasteiger charge is 2.62. The second-order valence-corrected chi connectivity index (χ2v) is 11.0. The molecule has 0 aliphatic heterocycles. The van der Waals surface area contributed by atoms with E-state index in [0.717, 1.165) is 37.5 Å². The van der Waals surface area contributed by atoms with E-state index in [2.05, 4.69) is 34.1 Å². The molecule has 0 aromatic heterocycles. The van der Waals surface area contributed by atoms with E-state index in [-0.39, 0.29) is 12.2 Å². The summed E-state index contributed by atoms with van der Waals surface area (Å²) in [6.07, 6.45) is 12.9. The zero-order valence-electron chi connectivity index (χ0n) is 17.5. The molecule has 0 spiro atoms. The minimum absolute atomic E-state index is 0.139. The van der Waals surface area contributed by atoms with Crippen molar-refractivity contribution >= 4 is 0 Å². The van der Waals surface area contributed by atoms with Crippen molar-refractivity contribution in [1.82, 2.24) is 0 Å². The van der Waals surface area contributed by atoms with Crippen LogP contribution in [-0.4, -0.2) is 22.4 Å². The number of hydrogen-bond acceptors (Lipinski definition) is 2. The lowest BCUT2D eigenvalue weighted by molar-refractivity contribution is -0.161. The van der Waals surface area contributed by atoms with Gasteiger partial charge in [-0.15, -0.1) is 0 Å². The Bertz CT molecular complexity index is 518. The predicted octanol–water partition coefficient (Wildman–Crippen LogP) is 5.23. The van der Waals surface area contributed by atoms with Crippen LogP contribution in [0.15, 0.2) is 0 Å². The van der Waals surface area contributed by atoms with Gasteiger partial charge < -0.3 is 10.2 Å². The lowest BCUT2D eigenvalue weighted by atomic mass is 9.43. The summed E-state index contributed by atoms with van der Waals surface area (Å²) in [7, 11) is 0. The number of rotatable bonds is 3. The van der Waals surface area contributed by atoms with E-state index in [1.54, 1.807) is 0 Å². The van der Waals surface area contributed by atoms with Crippen molar-refractivity contribution in [3.05, 3.63) is 6.42 Å². The summed E-state index contributed by atoms with van der Waals surface area (Å²) in [5.41, 5.74) is 0.655. The number of fused-ring (bicyclic) bond motifs is 5. The first-order chi connectivity index (χ1) is 12.3. The Morgan fingerprint density at radius 3 is 2.58 bits per heavy atom. The van der Waals surface area contributed by atoms with Gasteiger partial charge in [0.1, 0.15) is 0 Å². The van der Waals surface area contributed by atoms with Gasteiger partial charge in [0.15, 0.2) is 0 Å². The highest BCUT2D eigenvalue weighted by molar-refractivity contribution is 5.16. The Labute approximate surface area is 161 Å². The van der Waals surface area contributed by atoms with Crippen LogP contribution in [0, 0.1) is 52.8 Å². The average Bonchev–Trinajstić information content (AvgIpc) is 2.94. The molecule has 2 heteroatoms. The molecule has 2 nitrogen and oxygen atoms in total. The van der Waals surface area contributed by atoms with Gasteiger partial charge in [0.2, 0.25) is 0 Å². The summed E-state index contributed by atoms with van der Waals surface area (Å²) in [5, 5.41) is 21.4. The fraction of sp³-hybridized carbons (Fsp3) is 0.958. The summed E-state index contributed by atoms with van der Waals surface area (Å²) >= 11 is 0. The quantitative estimate of drug-likeness (QED) is 0.723. The van der Waals surface area contributed by atoms with Crippen molar-refractivity contribution in [2.75, 3.05) is 0 Å². The first-order valence-corrected chi connectivity index (χ1v) is 11.5. The van der Waals surface area contributed by atoms with E-state index in [9.17, 15) is 10.2 Å². The molecule has 4 saturated carbocycles. The van der Waals surface area contributed by atoms with Crippen molar-refractivity contribution in [1.29, 1.82) is 0 Å². The summed E-state index contributed by atoms with van der Waals surface area (Å²) in [6, 6.07) is 0. The molecule has 1 radical (unpaired) electrons. The Morgan fingerprint density at radius 1 is 1.08 bits per heavy atom. The molecule has 10 atom stereocenters. The van der Waals surface area contributed by atoms with Gasteiger partial charge in [0.05, 0.1) is 12.2 Å². The summed E-state index contributed by atoms with van der Waals surface area (Å²) in [6.45, 7) is 9.81. The first kappa shape index (κ1) is 19.2. The lowest BCUT2D eigenvalue weighted by Gasteiger charge is -2.62. The lowest BCUT2D eigenvalue weighted by Crippen LogP contribution is -2.58. The van der Waals surface area contributed by atoms with Gasteiger partial charge in [-0.1, -0.05) is 40.5 Å². The molecule has 4 aliphatic rings. The molecule has 149 valence electrons. The molecule has 0 aromatic rings. The molecule has 0 amide bonds. The van der Waals surface area contributed by atoms with Crippen LogP contribution in [0.25, 0.3) is 0 Å². The molecule has 2 N–H and O–H groups in total. The van der Waals surface area contributed by atoms with Crippen LogP contribution in [0.3, 0.4) is 0 Å². The predicted molar refractivity (Wildman–Crippen MR) is 106 cm³/mol. The third-order valence-corrected chi connectivity index (χ3v) is 9.88. The number of hydrogen-bond donors (Lipinski definition) is 2. The summed E-state index contributed by atoms with van der Waals surface area (Å²) in [5.74, 6) is 3.90. The third kappa shape index (κ3) is 2.72. The summed E-state index contributed by atoms with van der Waals surface area (Å²) < 4.78 is 0. The Morgan fingerprint density at radius 2 is 1.85 bits per heavy atom. The van der Waals surface area contributed by atoms with Gasteiger partial charge in [0, 0.05) is 0 Å². The van der Waals surface area contributed by atoms with Crippen LogP contribution in [0.4, 0.5) is 0 Å². The maximum atomic E-state index is 11.2. The minimum atomic E-state index is -0.151. The third-order valence-electron chi connectivity index (χ3n) is 9.88. The van der Waals surface area contributed by atoms with E-state index < -0.39 is 0 Å². The van der Waals surface area contributed by atoms with E-state index >= 15 is 0 Å². The zero-order valence-corrected chi connectivity index (χ0v) is 17.5. The summed E-state index contributed by atoms with van der Waals surface area (Å²) in [4.78, 5) is 0. The maximum absolute atomic E-state index is 11.2. The Balaban J connectivity index is 1.61. The highest BCUT2D eigenvalue weighted by atomic mass is 16.3. The zero-order chi connectivity index (χ0) is 18.7. The van der Waals surface area contributed by atoms with E-state index in [0.29, 0.717) is 34.5 Å². The molecule has 5 unspecified atom stereocenters. The van der Waals surface area contributed by atoms with E-state index in [1.165, 1.54) is 32.1 Å². The molecule has 26 heavy (non-hydrogen) atoms. The van der Waals surface area contributed by atoms with Gasteiger partial charge >= 0.3 is 0 Å². The molecule has 4 fully saturated rings. The monoisotopic (exact) mass is 361 g/mol. The SMILES string of the molecule is CCCC(C)[C@H]1CCC2C3C(C[CH][C@@]21C)[C@@]1(C)CC[C@H](O)CC1C[C@@H]3O. The Hall–Kier alpha value is -0.0800. The van der Waals surface area contributed by atoms with E-state index in [4.69, 9.17) is 0 Å². The highest BCUT2D eigenvalue weighted by Crippen LogP contribution is 2.68. The van der Waals surface area contributed by atoms with Crippen molar-refractivity contribution in [3.63, 3.8) is 0 Å². The van der Waals surface area contributed by atoms with Crippen LogP contribution < -0.4 is 0 Å². The maximum Gasteiger partial charge on any atom is 0.0577 e. The van der Waals surface area contributed by atoms with E-state index in [1.807, 2.05) is 0 Å². The normalized spacial score (nSPS) is 54.9. The topological polar surface area (TPSA) is 40.5 Å². The van der Waals surface area contributed by atoms with Crippen LogP contribution in [0.2, 0.25) is 0 Å². The molecular formula is C24H41O2. The fourth-order valence-corrected chi connectivity index (χ4v) is 8.48. The van der Waals surface area contributed by atoms with Crippen molar-refractivity contribution in [3.8, 4) is 0 Å². The van der Waals surface area contributed by atoms with Gasteiger partial charge in [-0.2, -0.15) is 0 Å². The smallest absolute Gasteiger partial charge is 0.0577 e. The molecule has 4 aliphatic carbocycles. The molecular weight excluding hydrogens is 320 g/mol. The van der Waals surface area contributed by atoms with Crippen LogP contribution in [0.5, 0.6) is 0 Å². The molecule has 0 aromatic carbocycles. The first-order valence-electron chi connectivity index (χ1n) is 11.5. The molecule has 0 bridgehead atoms. The molecule has 0 heterocycles. The standard InChI is InChI=1S/C24H41O2/c1-5-6-15(2)18-7-8-19-22-20(10-12-24(18,19)4)23(3)11-9-17(25)13-16(23)14-21(22)26/h12,15-22,25-26H,5-11,13-14H2,1-4H3/t15?,16?,17-,18+,19?,20?,21-,22?,23-,24+/m0/s1. The minimum Gasteiger partial charge on any atom is -0.393 e. The van der Waals surface area contributed by atoms with Crippen LogP contribution in [0.1, 0.15) is 85.5 Å².